The van der Waals surface area contributed by atoms with Crippen LogP contribution >= 0.6 is 23.1 Å². The quantitative estimate of drug-likeness (QED) is 0.609. The molecule has 0 aliphatic heterocycles. The third-order valence-corrected chi connectivity index (χ3v) is 5.11. The number of anilines is 1. The Balaban J connectivity index is 1.65. The first kappa shape index (κ1) is 14.2. The highest BCUT2D eigenvalue weighted by Gasteiger charge is 2.12. The maximum absolute atomic E-state index is 12.4. The Kier molecular flexibility index (Phi) is 3.51. The maximum atomic E-state index is 12.4. The van der Waals surface area contributed by atoms with Gasteiger partial charge >= 0.3 is 0 Å². The first-order valence-corrected chi connectivity index (χ1v) is 8.71. The number of nitrogens with one attached hydrogen (secondary N) is 1. The van der Waals surface area contributed by atoms with Crippen LogP contribution in [0.15, 0.2) is 36.4 Å². The Hall–Kier alpha value is -2.38. The Morgan fingerprint density at radius 3 is 2.91 bits per heavy atom. The van der Waals surface area contributed by atoms with Crippen LogP contribution in [0.2, 0.25) is 0 Å². The molecule has 0 saturated heterocycles. The fourth-order valence-electron chi connectivity index (χ4n) is 2.44. The number of rotatable bonds is 3. The minimum atomic E-state index is -0.183. The number of nitrogens with zero attached hydrogens (tertiary/aromatic N) is 3. The van der Waals surface area contributed by atoms with Crippen LogP contribution in [0.1, 0.15) is 22.8 Å². The van der Waals surface area contributed by atoms with Gasteiger partial charge in [0.15, 0.2) is 5.13 Å². The van der Waals surface area contributed by atoms with Crippen molar-refractivity contribution in [2.75, 3.05) is 5.32 Å². The molecule has 0 saturated carbocycles. The topological polar surface area (TPSA) is 67.8 Å². The number of hydrogen-bond donors (Lipinski definition) is 1. The number of benzene rings is 2. The molecule has 0 unspecified atom stereocenters. The van der Waals surface area contributed by atoms with Crippen molar-refractivity contribution in [2.45, 2.75) is 13.3 Å². The van der Waals surface area contributed by atoms with Crippen molar-refractivity contribution in [2.24, 2.45) is 0 Å². The van der Waals surface area contributed by atoms with Gasteiger partial charge in [0, 0.05) is 5.56 Å². The number of carbonyl (C=O) groups excluding carboxylic acids is 1. The zero-order chi connectivity index (χ0) is 15.8. The van der Waals surface area contributed by atoms with Crippen molar-refractivity contribution in [3.8, 4) is 0 Å². The Morgan fingerprint density at radius 2 is 2.04 bits per heavy atom. The molecule has 4 aromatic rings. The molecule has 0 radical (unpaired) electrons. The first-order valence-electron chi connectivity index (χ1n) is 7.16. The van der Waals surface area contributed by atoms with E-state index in [-0.39, 0.29) is 5.91 Å². The van der Waals surface area contributed by atoms with Crippen LogP contribution in [0.25, 0.3) is 21.3 Å². The Bertz CT molecular complexity index is 1020. The molecule has 2 aromatic carbocycles. The summed E-state index contributed by atoms with van der Waals surface area (Å²) in [5.74, 6) is -0.183. The second-order valence-electron chi connectivity index (χ2n) is 5.06. The number of para-hydroxylation sites is 1. The third kappa shape index (κ3) is 2.58. The minimum Gasteiger partial charge on any atom is -0.298 e. The highest BCUT2D eigenvalue weighted by Crippen LogP contribution is 2.29. The van der Waals surface area contributed by atoms with Crippen LogP contribution in [0, 0.1) is 0 Å². The summed E-state index contributed by atoms with van der Waals surface area (Å²) in [6.07, 6.45) is 0.919. The summed E-state index contributed by atoms with van der Waals surface area (Å²) < 4.78 is 9.39. The van der Waals surface area contributed by atoms with Crippen LogP contribution in [0.5, 0.6) is 0 Å². The van der Waals surface area contributed by atoms with E-state index in [1.807, 2.05) is 12.1 Å². The summed E-state index contributed by atoms with van der Waals surface area (Å²) >= 11 is 2.63. The second kappa shape index (κ2) is 5.68. The third-order valence-electron chi connectivity index (χ3n) is 3.62. The van der Waals surface area contributed by atoms with Crippen molar-refractivity contribution in [3.63, 3.8) is 0 Å². The van der Waals surface area contributed by atoms with E-state index >= 15 is 0 Å². The van der Waals surface area contributed by atoms with Crippen molar-refractivity contribution in [3.05, 3.63) is 47.5 Å². The van der Waals surface area contributed by atoms with Gasteiger partial charge in [0.25, 0.3) is 5.91 Å². The number of carbonyl (C=O) groups is 1. The number of fused-ring (bicyclic) bond motifs is 2. The monoisotopic (exact) mass is 340 g/mol. The maximum Gasteiger partial charge on any atom is 0.257 e. The zero-order valence-electron chi connectivity index (χ0n) is 12.2. The molecule has 2 aromatic heterocycles. The van der Waals surface area contributed by atoms with Gasteiger partial charge in [0.05, 0.1) is 21.9 Å². The number of thiazole rings is 1. The molecule has 5 nitrogen and oxygen atoms in total. The van der Waals surface area contributed by atoms with Gasteiger partial charge in [0.1, 0.15) is 11.0 Å². The summed E-state index contributed by atoms with van der Waals surface area (Å²) in [7, 11) is 0. The van der Waals surface area contributed by atoms with Gasteiger partial charge in [-0.05, 0) is 36.2 Å². The highest BCUT2D eigenvalue weighted by molar-refractivity contribution is 7.22. The number of hydrogen-bond acceptors (Lipinski definition) is 6. The molecule has 7 heteroatoms. The van der Waals surface area contributed by atoms with E-state index in [9.17, 15) is 4.79 Å². The molecule has 0 aliphatic rings. The zero-order valence-corrected chi connectivity index (χ0v) is 13.9. The average molecular weight is 340 g/mol. The molecule has 0 bridgehead atoms. The van der Waals surface area contributed by atoms with Crippen LogP contribution in [-0.2, 0) is 6.42 Å². The van der Waals surface area contributed by atoms with E-state index in [0.717, 1.165) is 39.4 Å². The number of aryl methyl sites for hydroxylation is 1. The highest BCUT2D eigenvalue weighted by atomic mass is 32.1. The van der Waals surface area contributed by atoms with Crippen molar-refractivity contribution >= 4 is 55.4 Å². The van der Waals surface area contributed by atoms with Gasteiger partial charge in [0.2, 0.25) is 0 Å². The lowest BCUT2D eigenvalue weighted by Gasteiger charge is -2.01. The van der Waals surface area contributed by atoms with Crippen LogP contribution in [0.3, 0.4) is 0 Å². The fourth-order valence-corrected chi connectivity index (χ4v) is 3.86. The van der Waals surface area contributed by atoms with Crippen LogP contribution in [-0.4, -0.2) is 19.6 Å². The Labute approximate surface area is 140 Å². The predicted molar refractivity (Wildman–Crippen MR) is 94.4 cm³/mol. The molecule has 23 heavy (non-hydrogen) atoms. The van der Waals surface area contributed by atoms with Gasteiger partial charge in [-0.1, -0.05) is 30.4 Å². The summed E-state index contributed by atoms with van der Waals surface area (Å²) in [5, 5.41) is 3.49. The van der Waals surface area contributed by atoms with Gasteiger partial charge < -0.3 is 0 Å². The molecule has 0 fully saturated rings. The number of amides is 1. The van der Waals surface area contributed by atoms with E-state index in [4.69, 9.17) is 0 Å². The molecule has 4 rings (SSSR count). The van der Waals surface area contributed by atoms with Gasteiger partial charge in [-0.3, -0.25) is 10.1 Å². The van der Waals surface area contributed by atoms with Gasteiger partial charge in [-0.25, -0.2) is 4.98 Å². The molecule has 0 atom stereocenters. The number of aromatic nitrogens is 3. The molecular weight excluding hydrogens is 328 g/mol. The fraction of sp³-hybridized carbons (Fsp3) is 0.125. The van der Waals surface area contributed by atoms with Crippen molar-refractivity contribution in [1.82, 2.24) is 13.7 Å². The van der Waals surface area contributed by atoms with Gasteiger partial charge in [-0.2, -0.15) is 8.75 Å². The molecule has 0 spiro atoms. The molecule has 2 heterocycles. The van der Waals surface area contributed by atoms with E-state index in [0.29, 0.717) is 10.7 Å². The van der Waals surface area contributed by atoms with Crippen molar-refractivity contribution in [1.29, 1.82) is 0 Å². The lowest BCUT2D eigenvalue weighted by Crippen LogP contribution is -2.11. The summed E-state index contributed by atoms with van der Waals surface area (Å²) in [5.41, 5.74) is 4.25. The molecule has 114 valence electrons. The van der Waals surface area contributed by atoms with Crippen LogP contribution < -0.4 is 5.32 Å². The van der Waals surface area contributed by atoms with E-state index in [1.54, 1.807) is 18.2 Å². The lowest BCUT2D eigenvalue weighted by atomic mass is 10.1. The smallest absolute Gasteiger partial charge is 0.257 e. The largest absolute Gasteiger partial charge is 0.298 e. The summed E-state index contributed by atoms with van der Waals surface area (Å²) in [6, 6.07) is 11.4. The van der Waals surface area contributed by atoms with E-state index in [1.165, 1.54) is 16.9 Å². The molecular formula is C16H12N4OS2. The second-order valence-corrected chi connectivity index (χ2v) is 6.62. The van der Waals surface area contributed by atoms with Crippen molar-refractivity contribution < 1.29 is 4.79 Å². The normalized spacial score (nSPS) is 11.2. The standard InChI is InChI=1S/C16H12N4OS2/c1-2-9-4-3-5-13-14(9)17-16(22-13)18-15(21)10-6-7-11-12(8-10)20-23-19-11/h3-8H,2H2,1H3,(H,17,18,21). The minimum absolute atomic E-state index is 0.183. The first-order chi connectivity index (χ1) is 11.2. The average Bonchev–Trinajstić information content (AvgIpc) is 3.19. The van der Waals surface area contributed by atoms with Gasteiger partial charge in [-0.15, -0.1) is 0 Å². The molecule has 0 aliphatic carbocycles. The predicted octanol–water partition coefficient (Wildman–Crippen LogP) is 4.12. The summed E-state index contributed by atoms with van der Waals surface area (Å²) in [6.45, 7) is 2.10. The van der Waals surface area contributed by atoms with Crippen LogP contribution in [0.4, 0.5) is 5.13 Å². The lowest BCUT2D eigenvalue weighted by molar-refractivity contribution is 0.102. The molecule has 1 amide bonds. The van der Waals surface area contributed by atoms with E-state index < -0.39 is 0 Å². The molecule has 1 N–H and O–H groups in total. The SMILES string of the molecule is CCc1cccc2sc(NC(=O)c3ccc4nsnc4c3)nc12. The summed E-state index contributed by atoms with van der Waals surface area (Å²) in [4.78, 5) is 17.0. The van der Waals surface area contributed by atoms with E-state index in [2.05, 4.69) is 32.0 Å². The Morgan fingerprint density at radius 1 is 1.17 bits per heavy atom.